The molecule has 0 fully saturated rings. The van der Waals surface area contributed by atoms with E-state index in [9.17, 15) is 4.79 Å². The number of carbonyl (C=O) groups is 1. The number of amides is 1. The van der Waals surface area contributed by atoms with Crippen LogP contribution in [0, 0.1) is 0 Å². The van der Waals surface area contributed by atoms with Crippen LogP contribution in [0.1, 0.15) is 35.8 Å². The van der Waals surface area contributed by atoms with Gasteiger partial charge in [-0.15, -0.1) is 0 Å². The first-order valence-electron chi connectivity index (χ1n) is 7.84. The summed E-state index contributed by atoms with van der Waals surface area (Å²) in [5.41, 5.74) is 1.47. The number of methoxy groups -OCH3 is 2. The molecule has 1 N–H and O–H groups in total. The minimum atomic E-state index is -0.198. The number of ether oxygens (including phenoxy) is 3. The van der Waals surface area contributed by atoms with Crippen molar-refractivity contribution in [2.24, 2.45) is 0 Å². The molecule has 0 bridgehead atoms. The van der Waals surface area contributed by atoms with Crippen molar-refractivity contribution >= 4 is 5.91 Å². The molecule has 0 radical (unpaired) electrons. The van der Waals surface area contributed by atoms with Gasteiger partial charge in [-0.1, -0.05) is 12.1 Å². The fraction of sp³-hybridized carbons (Fsp3) is 0.316. The standard InChI is InChI=1S/C19H23NO4/c1-5-24-15-8-6-14(7-9-15)13(2)20-19(21)17-11-10-16(22-3)12-18(17)23-4/h6-13H,5H2,1-4H3,(H,20,21). The van der Waals surface area contributed by atoms with Crippen LogP contribution in [0.2, 0.25) is 0 Å². The molecular formula is C19H23NO4. The highest BCUT2D eigenvalue weighted by atomic mass is 16.5. The molecule has 24 heavy (non-hydrogen) atoms. The molecule has 5 nitrogen and oxygen atoms in total. The summed E-state index contributed by atoms with van der Waals surface area (Å²) in [5, 5.41) is 2.98. The van der Waals surface area contributed by atoms with Crippen LogP contribution in [-0.4, -0.2) is 26.7 Å². The van der Waals surface area contributed by atoms with Gasteiger partial charge >= 0.3 is 0 Å². The lowest BCUT2D eigenvalue weighted by Gasteiger charge is -2.16. The Morgan fingerprint density at radius 2 is 1.71 bits per heavy atom. The Bertz CT molecular complexity index is 682. The highest BCUT2D eigenvalue weighted by Crippen LogP contribution is 2.25. The minimum absolute atomic E-state index is 0.139. The summed E-state index contributed by atoms with van der Waals surface area (Å²) in [4.78, 5) is 12.5. The van der Waals surface area contributed by atoms with E-state index in [0.717, 1.165) is 11.3 Å². The van der Waals surface area contributed by atoms with Crippen molar-refractivity contribution in [3.63, 3.8) is 0 Å². The van der Waals surface area contributed by atoms with Gasteiger partial charge in [0.05, 0.1) is 32.4 Å². The molecule has 0 aliphatic heterocycles. The Balaban J connectivity index is 2.11. The Morgan fingerprint density at radius 1 is 1.04 bits per heavy atom. The van der Waals surface area contributed by atoms with E-state index in [4.69, 9.17) is 14.2 Å². The normalized spacial score (nSPS) is 11.5. The minimum Gasteiger partial charge on any atom is -0.497 e. The smallest absolute Gasteiger partial charge is 0.255 e. The van der Waals surface area contributed by atoms with Gasteiger partial charge < -0.3 is 19.5 Å². The number of nitrogens with one attached hydrogen (secondary N) is 1. The molecule has 1 unspecified atom stereocenters. The fourth-order valence-electron chi connectivity index (χ4n) is 2.36. The molecule has 128 valence electrons. The lowest BCUT2D eigenvalue weighted by molar-refractivity contribution is 0.0937. The molecule has 0 heterocycles. The van der Waals surface area contributed by atoms with Crippen LogP contribution in [0.3, 0.4) is 0 Å². The Morgan fingerprint density at radius 3 is 2.29 bits per heavy atom. The maximum absolute atomic E-state index is 12.5. The zero-order valence-electron chi connectivity index (χ0n) is 14.5. The average Bonchev–Trinajstić information content (AvgIpc) is 2.61. The third-order valence-corrected chi connectivity index (χ3v) is 3.69. The van der Waals surface area contributed by atoms with Gasteiger partial charge in [0, 0.05) is 6.07 Å². The summed E-state index contributed by atoms with van der Waals surface area (Å²) in [6.45, 7) is 4.51. The quantitative estimate of drug-likeness (QED) is 0.843. The van der Waals surface area contributed by atoms with Gasteiger partial charge in [0.25, 0.3) is 5.91 Å². The molecule has 0 aliphatic rings. The summed E-state index contributed by atoms with van der Waals surface area (Å²) in [6.07, 6.45) is 0. The second-order valence-corrected chi connectivity index (χ2v) is 5.26. The van der Waals surface area contributed by atoms with Crippen molar-refractivity contribution in [3.8, 4) is 17.2 Å². The summed E-state index contributed by atoms with van der Waals surface area (Å²) < 4.78 is 15.9. The maximum Gasteiger partial charge on any atom is 0.255 e. The van der Waals surface area contributed by atoms with Crippen molar-refractivity contribution < 1.29 is 19.0 Å². The summed E-state index contributed by atoms with van der Waals surface area (Å²) in [6, 6.07) is 12.7. The van der Waals surface area contributed by atoms with Gasteiger partial charge in [-0.3, -0.25) is 4.79 Å². The van der Waals surface area contributed by atoms with Crippen molar-refractivity contribution in [1.82, 2.24) is 5.32 Å². The lowest BCUT2D eigenvalue weighted by atomic mass is 10.1. The van der Waals surface area contributed by atoms with Crippen LogP contribution < -0.4 is 19.5 Å². The van der Waals surface area contributed by atoms with Crippen LogP contribution in [0.5, 0.6) is 17.2 Å². The predicted octanol–water partition coefficient (Wildman–Crippen LogP) is 3.59. The van der Waals surface area contributed by atoms with E-state index in [2.05, 4.69) is 5.32 Å². The lowest BCUT2D eigenvalue weighted by Crippen LogP contribution is -2.27. The van der Waals surface area contributed by atoms with Crippen LogP contribution in [0.15, 0.2) is 42.5 Å². The molecule has 1 atom stereocenters. The second kappa shape index (κ2) is 8.24. The predicted molar refractivity (Wildman–Crippen MR) is 93.0 cm³/mol. The van der Waals surface area contributed by atoms with Crippen molar-refractivity contribution in [1.29, 1.82) is 0 Å². The second-order valence-electron chi connectivity index (χ2n) is 5.26. The van der Waals surface area contributed by atoms with Crippen molar-refractivity contribution in [3.05, 3.63) is 53.6 Å². The molecular weight excluding hydrogens is 306 g/mol. The van der Waals surface area contributed by atoms with E-state index in [0.29, 0.717) is 23.7 Å². The number of benzene rings is 2. The topological polar surface area (TPSA) is 56.8 Å². The van der Waals surface area contributed by atoms with Gasteiger partial charge in [0.1, 0.15) is 17.2 Å². The molecule has 0 spiro atoms. The summed E-state index contributed by atoms with van der Waals surface area (Å²) in [5.74, 6) is 1.74. The number of rotatable bonds is 7. The van der Waals surface area contributed by atoms with E-state index in [1.165, 1.54) is 7.11 Å². The highest BCUT2D eigenvalue weighted by molar-refractivity contribution is 5.97. The summed E-state index contributed by atoms with van der Waals surface area (Å²) >= 11 is 0. The van der Waals surface area contributed by atoms with Crippen LogP contribution in [0.25, 0.3) is 0 Å². The zero-order valence-corrected chi connectivity index (χ0v) is 14.5. The molecule has 0 saturated heterocycles. The fourth-order valence-corrected chi connectivity index (χ4v) is 2.36. The van der Waals surface area contributed by atoms with E-state index >= 15 is 0 Å². The first kappa shape index (κ1) is 17.7. The maximum atomic E-state index is 12.5. The Labute approximate surface area is 142 Å². The van der Waals surface area contributed by atoms with Crippen molar-refractivity contribution in [2.45, 2.75) is 19.9 Å². The molecule has 1 amide bonds. The Hall–Kier alpha value is -2.69. The molecule has 0 aromatic heterocycles. The number of carbonyl (C=O) groups excluding carboxylic acids is 1. The first-order chi connectivity index (χ1) is 11.6. The molecule has 5 heteroatoms. The van der Waals surface area contributed by atoms with Crippen molar-refractivity contribution in [2.75, 3.05) is 20.8 Å². The zero-order chi connectivity index (χ0) is 17.5. The largest absolute Gasteiger partial charge is 0.497 e. The SMILES string of the molecule is CCOc1ccc(C(C)NC(=O)c2ccc(OC)cc2OC)cc1. The molecule has 2 aromatic carbocycles. The highest BCUT2D eigenvalue weighted by Gasteiger charge is 2.16. The van der Waals surface area contributed by atoms with Gasteiger partial charge in [0.15, 0.2) is 0 Å². The van der Waals surface area contributed by atoms with E-state index < -0.39 is 0 Å². The molecule has 2 aromatic rings. The monoisotopic (exact) mass is 329 g/mol. The van der Waals surface area contributed by atoms with Crippen LogP contribution in [0.4, 0.5) is 0 Å². The summed E-state index contributed by atoms with van der Waals surface area (Å²) in [7, 11) is 3.10. The van der Waals surface area contributed by atoms with Gasteiger partial charge in [-0.2, -0.15) is 0 Å². The van der Waals surface area contributed by atoms with E-state index in [1.807, 2.05) is 38.1 Å². The molecule has 2 rings (SSSR count). The molecule has 0 saturated carbocycles. The van der Waals surface area contributed by atoms with E-state index in [-0.39, 0.29) is 11.9 Å². The Kier molecular flexibility index (Phi) is 6.07. The van der Waals surface area contributed by atoms with Gasteiger partial charge in [-0.05, 0) is 43.7 Å². The van der Waals surface area contributed by atoms with Gasteiger partial charge in [-0.25, -0.2) is 0 Å². The average molecular weight is 329 g/mol. The van der Waals surface area contributed by atoms with Crippen LogP contribution in [-0.2, 0) is 0 Å². The third-order valence-electron chi connectivity index (χ3n) is 3.69. The number of hydrogen-bond donors (Lipinski definition) is 1. The molecule has 0 aliphatic carbocycles. The van der Waals surface area contributed by atoms with Gasteiger partial charge in [0.2, 0.25) is 0 Å². The van der Waals surface area contributed by atoms with E-state index in [1.54, 1.807) is 25.3 Å². The first-order valence-corrected chi connectivity index (χ1v) is 7.84. The third kappa shape index (κ3) is 4.19. The number of hydrogen-bond acceptors (Lipinski definition) is 4. The van der Waals surface area contributed by atoms with Crippen LogP contribution >= 0.6 is 0 Å².